The molecular weight excluding hydrogens is 336 g/mol. The minimum Gasteiger partial charge on any atom is -0.465 e. The number of benzene rings is 1. The third kappa shape index (κ3) is 2.50. The van der Waals surface area contributed by atoms with Gasteiger partial charge >= 0.3 is 5.97 Å². The van der Waals surface area contributed by atoms with Crippen LogP contribution in [0.25, 0.3) is 11.6 Å². The zero-order valence-electron chi connectivity index (χ0n) is 11.1. The van der Waals surface area contributed by atoms with Crippen LogP contribution in [0.2, 0.25) is 0 Å². The summed E-state index contributed by atoms with van der Waals surface area (Å²) in [6.07, 6.45) is 3.26. The van der Waals surface area contributed by atoms with Gasteiger partial charge in [0.15, 0.2) is 0 Å². The third-order valence-electron chi connectivity index (χ3n) is 3.19. The number of aromatic nitrogens is 1. The molecule has 0 aliphatic carbocycles. The monoisotopic (exact) mass is 346 g/mol. The number of H-pyrrole nitrogens is 1. The van der Waals surface area contributed by atoms with Crippen molar-refractivity contribution in [2.45, 2.75) is 0 Å². The molecule has 5 nitrogen and oxygen atoms in total. The molecular formula is C15H11BrN2O3. The second-order valence-electron chi connectivity index (χ2n) is 4.54. The van der Waals surface area contributed by atoms with Crippen LogP contribution in [0.5, 0.6) is 0 Å². The maximum absolute atomic E-state index is 12.0. The van der Waals surface area contributed by atoms with Crippen LogP contribution in [-0.4, -0.2) is 24.0 Å². The van der Waals surface area contributed by atoms with Gasteiger partial charge < -0.3 is 15.0 Å². The number of methoxy groups -OCH3 is 1. The number of rotatable bonds is 2. The first-order valence-electron chi connectivity index (χ1n) is 6.18. The number of amides is 1. The largest absolute Gasteiger partial charge is 0.465 e. The Hall–Kier alpha value is -2.34. The van der Waals surface area contributed by atoms with E-state index in [9.17, 15) is 9.59 Å². The lowest BCUT2D eigenvalue weighted by molar-refractivity contribution is -0.110. The van der Waals surface area contributed by atoms with Crippen molar-refractivity contribution in [3.8, 4) is 0 Å². The number of fused-ring (bicyclic) bond motifs is 1. The van der Waals surface area contributed by atoms with E-state index in [2.05, 4.69) is 31.0 Å². The molecule has 1 aromatic carbocycles. The smallest absolute Gasteiger partial charge is 0.339 e. The standard InChI is InChI=1S/C15H11BrN2O3/c1-21-15(20)8-4-10(17-7-8)6-12-11-5-9(16)2-3-13(11)18-14(12)19/h2-7,17H,1H3,(H,18,19)/b12-6-. The van der Waals surface area contributed by atoms with Crippen molar-refractivity contribution in [2.24, 2.45) is 0 Å². The molecule has 0 unspecified atom stereocenters. The Labute approximate surface area is 129 Å². The molecule has 1 amide bonds. The van der Waals surface area contributed by atoms with Crippen molar-refractivity contribution in [2.75, 3.05) is 12.4 Å². The normalized spacial score (nSPS) is 15.0. The molecule has 2 heterocycles. The van der Waals surface area contributed by atoms with Gasteiger partial charge in [0.1, 0.15) is 0 Å². The number of hydrogen-bond acceptors (Lipinski definition) is 3. The Morgan fingerprint density at radius 2 is 2.14 bits per heavy atom. The molecule has 0 saturated heterocycles. The lowest BCUT2D eigenvalue weighted by Gasteiger charge is -1.98. The van der Waals surface area contributed by atoms with Gasteiger partial charge in [-0.05, 0) is 30.3 Å². The summed E-state index contributed by atoms with van der Waals surface area (Å²) >= 11 is 3.39. The maximum atomic E-state index is 12.0. The highest BCUT2D eigenvalue weighted by Gasteiger charge is 2.24. The number of ether oxygens (including phenoxy) is 1. The summed E-state index contributed by atoms with van der Waals surface area (Å²) in [4.78, 5) is 26.4. The molecule has 1 aromatic heterocycles. The number of aromatic amines is 1. The Bertz CT molecular complexity index is 777. The molecule has 3 rings (SSSR count). The first kappa shape index (κ1) is 13.6. The molecule has 2 N–H and O–H groups in total. The van der Waals surface area contributed by atoms with E-state index in [-0.39, 0.29) is 5.91 Å². The van der Waals surface area contributed by atoms with Gasteiger partial charge in [-0.15, -0.1) is 0 Å². The lowest BCUT2D eigenvalue weighted by Crippen LogP contribution is -2.03. The molecule has 0 fully saturated rings. The highest BCUT2D eigenvalue weighted by molar-refractivity contribution is 9.10. The van der Waals surface area contributed by atoms with Gasteiger partial charge in [-0.3, -0.25) is 4.79 Å². The van der Waals surface area contributed by atoms with Crippen molar-refractivity contribution < 1.29 is 14.3 Å². The summed E-state index contributed by atoms with van der Waals surface area (Å²) in [7, 11) is 1.33. The number of esters is 1. The van der Waals surface area contributed by atoms with Gasteiger partial charge in [0.2, 0.25) is 0 Å². The van der Waals surface area contributed by atoms with Crippen molar-refractivity contribution in [3.05, 3.63) is 51.8 Å². The van der Waals surface area contributed by atoms with Gasteiger partial charge in [-0.1, -0.05) is 15.9 Å². The fourth-order valence-electron chi connectivity index (χ4n) is 2.19. The molecule has 0 radical (unpaired) electrons. The minimum absolute atomic E-state index is 0.169. The number of nitrogens with one attached hydrogen (secondary N) is 2. The first-order chi connectivity index (χ1) is 10.1. The minimum atomic E-state index is -0.421. The van der Waals surface area contributed by atoms with E-state index in [0.29, 0.717) is 16.8 Å². The Kier molecular flexibility index (Phi) is 3.39. The molecule has 21 heavy (non-hydrogen) atoms. The van der Waals surface area contributed by atoms with E-state index in [1.54, 1.807) is 18.3 Å². The number of halogens is 1. The fourth-order valence-corrected chi connectivity index (χ4v) is 2.55. The summed E-state index contributed by atoms with van der Waals surface area (Å²) < 4.78 is 5.54. The second-order valence-corrected chi connectivity index (χ2v) is 5.45. The van der Waals surface area contributed by atoms with Crippen LogP contribution in [0.4, 0.5) is 5.69 Å². The topological polar surface area (TPSA) is 71.2 Å². The number of hydrogen-bond donors (Lipinski definition) is 2. The lowest BCUT2D eigenvalue weighted by atomic mass is 10.1. The summed E-state index contributed by atoms with van der Waals surface area (Å²) in [5.41, 5.74) is 3.22. The highest BCUT2D eigenvalue weighted by atomic mass is 79.9. The van der Waals surface area contributed by atoms with Gasteiger partial charge in [0.05, 0.1) is 18.2 Å². The summed E-state index contributed by atoms with van der Waals surface area (Å²) in [6.45, 7) is 0. The van der Waals surface area contributed by atoms with E-state index in [1.165, 1.54) is 7.11 Å². The molecule has 106 valence electrons. The van der Waals surface area contributed by atoms with Crippen molar-refractivity contribution in [3.63, 3.8) is 0 Å². The van der Waals surface area contributed by atoms with E-state index in [4.69, 9.17) is 0 Å². The average molecular weight is 347 g/mol. The summed E-state index contributed by atoms with van der Waals surface area (Å²) in [5, 5.41) is 2.80. The van der Waals surface area contributed by atoms with E-state index < -0.39 is 5.97 Å². The maximum Gasteiger partial charge on any atom is 0.339 e. The van der Waals surface area contributed by atoms with Crippen LogP contribution in [0.15, 0.2) is 34.9 Å². The number of carbonyl (C=O) groups is 2. The third-order valence-corrected chi connectivity index (χ3v) is 3.68. The average Bonchev–Trinajstić information content (AvgIpc) is 3.05. The second kappa shape index (κ2) is 5.21. The predicted molar refractivity (Wildman–Crippen MR) is 82.8 cm³/mol. The van der Waals surface area contributed by atoms with Crippen molar-refractivity contribution >= 4 is 45.1 Å². The fraction of sp³-hybridized carbons (Fsp3) is 0.0667. The quantitative estimate of drug-likeness (QED) is 0.648. The molecule has 0 atom stereocenters. The van der Waals surface area contributed by atoms with Gasteiger partial charge in [0.25, 0.3) is 5.91 Å². The molecule has 0 saturated carbocycles. The predicted octanol–water partition coefficient (Wildman–Crippen LogP) is 3.06. The van der Waals surface area contributed by atoms with Crippen molar-refractivity contribution in [1.29, 1.82) is 0 Å². The zero-order valence-corrected chi connectivity index (χ0v) is 12.7. The van der Waals surface area contributed by atoms with Crippen LogP contribution in [0.3, 0.4) is 0 Å². The number of anilines is 1. The van der Waals surface area contributed by atoms with Crippen molar-refractivity contribution in [1.82, 2.24) is 4.98 Å². The summed E-state index contributed by atoms with van der Waals surface area (Å²) in [6, 6.07) is 7.23. The van der Waals surface area contributed by atoms with Gasteiger partial charge in [-0.25, -0.2) is 4.79 Å². The molecule has 6 heteroatoms. The highest BCUT2D eigenvalue weighted by Crippen LogP contribution is 2.34. The van der Waals surface area contributed by atoms with Crippen LogP contribution >= 0.6 is 15.9 Å². The molecule has 1 aliphatic heterocycles. The Morgan fingerprint density at radius 3 is 2.90 bits per heavy atom. The van der Waals surface area contributed by atoms with Crippen LogP contribution < -0.4 is 5.32 Å². The number of carbonyl (C=O) groups excluding carboxylic acids is 2. The van der Waals surface area contributed by atoms with E-state index in [0.717, 1.165) is 15.7 Å². The van der Waals surface area contributed by atoms with E-state index in [1.807, 2.05) is 18.2 Å². The SMILES string of the molecule is COC(=O)c1c[nH]c(/C=C2\C(=O)Nc3ccc(Br)cc32)c1. The summed E-state index contributed by atoms with van der Waals surface area (Å²) in [5.74, 6) is -0.591. The van der Waals surface area contributed by atoms with Gasteiger partial charge in [0, 0.05) is 27.6 Å². The van der Waals surface area contributed by atoms with E-state index >= 15 is 0 Å². The molecule has 2 aromatic rings. The molecule has 1 aliphatic rings. The van der Waals surface area contributed by atoms with Crippen LogP contribution in [0.1, 0.15) is 21.6 Å². The Balaban J connectivity index is 2.01. The van der Waals surface area contributed by atoms with Crippen LogP contribution in [-0.2, 0) is 9.53 Å². The zero-order chi connectivity index (χ0) is 15.0. The first-order valence-corrected chi connectivity index (χ1v) is 6.97. The van der Waals surface area contributed by atoms with Gasteiger partial charge in [-0.2, -0.15) is 0 Å². The van der Waals surface area contributed by atoms with Crippen LogP contribution in [0, 0.1) is 0 Å². The molecule has 0 bridgehead atoms. The molecule has 0 spiro atoms. The Morgan fingerprint density at radius 1 is 1.33 bits per heavy atom.